The number of benzene rings is 1. The van der Waals surface area contributed by atoms with Gasteiger partial charge in [-0.1, -0.05) is 24.6 Å². The molecule has 0 saturated heterocycles. The zero-order chi connectivity index (χ0) is 18.8. The van der Waals surface area contributed by atoms with Gasteiger partial charge in [0, 0.05) is 19.3 Å². The Morgan fingerprint density at radius 3 is 2.32 bits per heavy atom. The predicted molar refractivity (Wildman–Crippen MR) is 97.4 cm³/mol. The maximum absolute atomic E-state index is 12.2. The van der Waals surface area contributed by atoms with Crippen LogP contribution in [0.4, 0.5) is 5.69 Å². The highest BCUT2D eigenvalue weighted by Gasteiger charge is 2.19. The van der Waals surface area contributed by atoms with Gasteiger partial charge in [0.25, 0.3) is 11.8 Å². The summed E-state index contributed by atoms with van der Waals surface area (Å²) in [5.41, 5.74) is 1.81. The summed E-state index contributed by atoms with van der Waals surface area (Å²) < 4.78 is 0. The average molecular weight is 349 g/mol. The van der Waals surface area contributed by atoms with Crippen LogP contribution in [0.1, 0.15) is 18.9 Å². The molecule has 0 saturated carbocycles. The summed E-state index contributed by atoms with van der Waals surface area (Å²) in [6, 6.07) is 7.46. The Morgan fingerprint density at radius 2 is 1.72 bits per heavy atom. The molecule has 3 amide bonds. The molecular formula is C18H29N4O3+. The minimum absolute atomic E-state index is 0.0258. The monoisotopic (exact) mass is 349 g/mol. The Kier molecular flexibility index (Phi) is 8.63. The van der Waals surface area contributed by atoms with Crippen molar-refractivity contribution < 1.29 is 19.3 Å². The number of aryl methyl sites for hydroxylation is 1. The summed E-state index contributed by atoms with van der Waals surface area (Å²) in [4.78, 5) is 38.0. The molecule has 0 radical (unpaired) electrons. The SMILES string of the molecule is CCCNC(=O)C[NH+](C)CC(=O)N(C)CC(=O)Nc1ccc(C)cc1. The molecule has 0 heterocycles. The number of hydrogen-bond acceptors (Lipinski definition) is 3. The molecule has 3 N–H and O–H groups in total. The molecule has 0 aliphatic carbocycles. The smallest absolute Gasteiger partial charge is 0.277 e. The van der Waals surface area contributed by atoms with Crippen LogP contribution in [0.25, 0.3) is 0 Å². The maximum atomic E-state index is 12.2. The van der Waals surface area contributed by atoms with Gasteiger partial charge in [-0.3, -0.25) is 14.4 Å². The van der Waals surface area contributed by atoms with Crippen molar-refractivity contribution in [3.63, 3.8) is 0 Å². The van der Waals surface area contributed by atoms with Crippen molar-refractivity contribution in [2.45, 2.75) is 20.3 Å². The van der Waals surface area contributed by atoms with E-state index in [0.29, 0.717) is 12.2 Å². The van der Waals surface area contributed by atoms with E-state index in [1.807, 2.05) is 38.1 Å². The second-order valence-corrected chi connectivity index (χ2v) is 6.32. The molecule has 138 valence electrons. The highest BCUT2D eigenvalue weighted by Crippen LogP contribution is 2.08. The van der Waals surface area contributed by atoms with Crippen LogP contribution in [0.5, 0.6) is 0 Å². The van der Waals surface area contributed by atoms with Gasteiger partial charge >= 0.3 is 0 Å². The molecule has 0 spiro atoms. The molecule has 1 unspecified atom stereocenters. The summed E-state index contributed by atoms with van der Waals surface area (Å²) in [6.45, 7) is 4.96. The second-order valence-electron chi connectivity index (χ2n) is 6.32. The first-order valence-electron chi connectivity index (χ1n) is 8.50. The highest BCUT2D eigenvalue weighted by atomic mass is 16.2. The summed E-state index contributed by atoms with van der Waals surface area (Å²) >= 11 is 0. The zero-order valence-electron chi connectivity index (χ0n) is 15.5. The molecule has 0 bridgehead atoms. The summed E-state index contributed by atoms with van der Waals surface area (Å²) in [7, 11) is 3.37. The van der Waals surface area contributed by atoms with E-state index in [-0.39, 0.29) is 37.4 Å². The van der Waals surface area contributed by atoms with Gasteiger partial charge < -0.3 is 20.4 Å². The first-order valence-corrected chi connectivity index (χ1v) is 8.50. The predicted octanol–water partition coefficient (Wildman–Crippen LogP) is -0.567. The van der Waals surface area contributed by atoms with E-state index >= 15 is 0 Å². The Hall–Kier alpha value is -2.41. The molecule has 0 fully saturated rings. The van der Waals surface area contributed by atoms with E-state index in [0.717, 1.165) is 16.9 Å². The maximum Gasteiger partial charge on any atom is 0.277 e. The van der Waals surface area contributed by atoms with Gasteiger partial charge in [0.1, 0.15) is 0 Å². The van der Waals surface area contributed by atoms with Crippen LogP contribution >= 0.6 is 0 Å². The fourth-order valence-electron chi connectivity index (χ4n) is 2.20. The van der Waals surface area contributed by atoms with Gasteiger partial charge in [-0.05, 0) is 25.5 Å². The highest BCUT2D eigenvalue weighted by molar-refractivity contribution is 5.94. The summed E-state index contributed by atoms with van der Waals surface area (Å²) in [5.74, 6) is -0.509. The largest absolute Gasteiger partial charge is 0.351 e. The molecule has 0 aliphatic rings. The number of hydrogen-bond donors (Lipinski definition) is 3. The first kappa shape index (κ1) is 20.6. The van der Waals surface area contributed by atoms with Crippen molar-refractivity contribution in [3.05, 3.63) is 29.8 Å². The van der Waals surface area contributed by atoms with Crippen LogP contribution in [0.2, 0.25) is 0 Å². The third-order valence-electron chi connectivity index (χ3n) is 3.63. The lowest BCUT2D eigenvalue weighted by atomic mass is 10.2. The van der Waals surface area contributed by atoms with E-state index in [9.17, 15) is 14.4 Å². The lowest BCUT2D eigenvalue weighted by Crippen LogP contribution is -3.11. The van der Waals surface area contributed by atoms with Crippen LogP contribution in [0, 0.1) is 6.92 Å². The molecule has 1 aromatic carbocycles. The number of quaternary nitrogens is 1. The van der Waals surface area contributed by atoms with Gasteiger partial charge in [-0.15, -0.1) is 0 Å². The van der Waals surface area contributed by atoms with Crippen LogP contribution < -0.4 is 15.5 Å². The minimum atomic E-state index is -0.252. The molecule has 0 aromatic heterocycles. The molecule has 1 atom stereocenters. The number of likely N-dealkylation sites (N-methyl/N-ethyl adjacent to an activating group) is 2. The molecule has 1 aromatic rings. The number of amides is 3. The molecule has 1 rings (SSSR count). The Labute approximate surface area is 149 Å². The van der Waals surface area contributed by atoms with E-state index in [2.05, 4.69) is 10.6 Å². The van der Waals surface area contributed by atoms with Crippen LogP contribution in [0.15, 0.2) is 24.3 Å². The second kappa shape index (κ2) is 10.5. The summed E-state index contributed by atoms with van der Waals surface area (Å²) in [5, 5.41) is 5.54. The fourth-order valence-corrected chi connectivity index (χ4v) is 2.20. The van der Waals surface area contributed by atoms with Crippen molar-refractivity contribution in [2.75, 3.05) is 45.6 Å². The number of carbonyl (C=O) groups is 3. The molecule has 25 heavy (non-hydrogen) atoms. The van der Waals surface area contributed by atoms with Crippen LogP contribution in [0.3, 0.4) is 0 Å². The standard InChI is InChI=1S/C18H28N4O3/c1-5-10-19-16(23)11-21(3)13-18(25)22(4)12-17(24)20-15-8-6-14(2)7-9-15/h6-9H,5,10-13H2,1-4H3,(H,19,23)(H,20,24)/p+1. The van der Waals surface area contributed by atoms with E-state index in [4.69, 9.17) is 0 Å². The van der Waals surface area contributed by atoms with Crippen molar-refractivity contribution in [3.8, 4) is 0 Å². The quantitative estimate of drug-likeness (QED) is 0.559. The van der Waals surface area contributed by atoms with Crippen molar-refractivity contribution in [1.29, 1.82) is 0 Å². The van der Waals surface area contributed by atoms with Crippen molar-refractivity contribution in [2.24, 2.45) is 0 Å². The third-order valence-corrected chi connectivity index (χ3v) is 3.63. The lowest BCUT2D eigenvalue weighted by Gasteiger charge is -2.19. The van der Waals surface area contributed by atoms with Gasteiger partial charge in [-0.2, -0.15) is 0 Å². The van der Waals surface area contributed by atoms with Crippen LogP contribution in [-0.2, 0) is 14.4 Å². The normalized spacial score (nSPS) is 11.5. The van der Waals surface area contributed by atoms with Crippen molar-refractivity contribution in [1.82, 2.24) is 10.2 Å². The van der Waals surface area contributed by atoms with Crippen molar-refractivity contribution >= 4 is 23.4 Å². The molecule has 0 aliphatic heterocycles. The zero-order valence-corrected chi connectivity index (χ0v) is 15.5. The van der Waals surface area contributed by atoms with Gasteiger partial charge in [0.2, 0.25) is 5.91 Å². The lowest BCUT2D eigenvalue weighted by molar-refractivity contribution is -0.862. The molecular weight excluding hydrogens is 320 g/mol. The topological polar surface area (TPSA) is 83.0 Å². The van der Waals surface area contributed by atoms with E-state index < -0.39 is 0 Å². The average Bonchev–Trinajstić information content (AvgIpc) is 2.54. The van der Waals surface area contributed by atoms with Crippen LogP contribution in [-0.4, -0.2) is 62.9 Å². The number of anilines is 1. The molecule has 7 heteroatoms. The molecule has 7 nitrogen and oxygen atoms in total. The first-order chi connectivity index (χ1) is 11.8. The minimum Gasteiger partial charge on any atom is -0.351 e. The summed E-state index contributed by atoms with van der Waals surface area (Å²) in [6.07, 6.45) is 0.878. The number of nitrogens with one attached hydrogen (secondary N) is 3. The fraction of sp³-hybridized carbons (Fsp3) is 0.500. The van der Waals surface area contributed by atoms with E-state index in [1.54, 1.807) is 14.1 Å². The van der Waals surface area contributed by atoms with E-state index in [1.165, 1.54) is 4.90 Å². The van der Waals surface area contributed by atoms with Gasteiger partial charge in [-0.25, -0.2) is 0 Å². The Balaban J connectivity index is 2.38. The number of rotatable bonds is 9. The Morgan fingerprint density at radius 1 is 1.08 bits per heavy atom. The number of nitrogens with zero attached hydrogens (tertiary/aromatic N) is 1. The Bertz CT molecular complexity index is 586. The number of carbonyl (C=O) groups excluding carboxylic acids is 3. The third kappa shape index (κ3) is 8.30. The van der Waals surface area contributed by atoms with Gasteiger partial charge in [0.05, 0.1) is 13.6 Å². The van der Waals surface area contributed by atoms with Gasteiger partial charge in [0.15, 0.2) is 13.1 Å².